The fourth-order valence-corrected chi connectivity index (χ4v) is 8.53. The van der Waals surface area contributed by atoms with E-state index in [1.807, 2.05) is 0 Å². The van der Waals surface area contributed by atoms with Crippen molar-refractivity contribution in [3.63, 3.8) is 0 Å². The quantitative estimate of drug-likeness (QED) is 0.281. The molecule has 182 valence electrons. The van der Waals surface area contributed by atoms with Gasteiger partial charge in [0.05, 0.1) is 6.20 Å². The Balaban J connectivity index is 4.25. The maximum Gasteiger partial charge on any atom is 0.524 e. The van der Waals surface area contributed by atoms with Crippen LogP contribution < -0.4 is 17.1 Å². The van der Waals surface area contributed by atoms with Gasteiger partial charge in [-0.15, -0.1) is 5.73 Å². The van der Waals surface area contributed by atoms with Gasteiger partial charge in [-0.2, -0.15) is 0 Å². The van der Waals surface area contributed by atoms with Crippen molar-refractivity contribution in [2.75, 3.05) is 42.7 Å². The van der Waals surface area contributed by atoms with Crippen molar-refractivity contribution in [1.82, 2.24) is 13.7 Å². The summed E-state index contributed by atoms with van der Waals surface area (Å²) >= 11 is 0. The third-order valence-electron chi connectivity index (χ3n) is 5.38. The Kier molecular flexibility index (Phi) is 10.4. The Labute approximate surface area is 188 Å². The molecule has 1 heterocycles. The van der Waals surface area contributed by atoms with E-state index in [0.717, 1.165) is 19.9 Å². The van der Waals surface area contributed by atoms with Gasteiger partial charge in [0, 0.05) is 42.7 Å². The predicted octanol–water partition coefficient (Wildman–Crippen LogP) is 0.164. The van der Waals surface area contributed by atoms with Crippen LogP contribution >= 0.6 is 0 Å². The lowest BCUT2D eigenvalue weighted by Crippen LogP contribution is -2.64. The molecule has 1 rings (SSSR count). The number of rotatable bonds is 13. The Morgan fingerprint density at radius 3 is 1.28 bits per heavy atom. The SMILES string of the molecule is C=C=Cn1c(=O)n(C(CC)[Si](OC)(OC)OC)c(=O)n(C(CC)[Si](OC)(OC)OC)c1=O. The second-order valence-electron chi connectivity index (χ2n) is 6.57. The summed E-state index contributed by atoms with van der Waals surface area (Å²) in [5.74, 6) is 0. The molecule has 1 aromatic rings. The molecule has 0 amide bonds. The van der Waals surface area contributed by atoms with Gasteiger partial charge in [0.15, 0.2) is 0 Å². The van der Waals surface area contributed by atoms with E-state index in [4.69, 9.17) is 26.6 Å². The summed E-state index contributed by atoms with van der Waals surface area (Å²) in [5.41, 5.74) is -2.15. The number of hydrogen-bond acceptors (Lipinski definition) is 9. The largest absolute Gasteiger partial charge is 0.524 e. The normalized spacial score (nSPS) is 14.1. The first-order valence-electron chi connectivity index (χ1n) is 9.85. The lowest BCUT2D eigenvalue weighted by Gasteiger charge is -2.35. The monoisotopic (exact) mass is 491 g/mol. The molecule has 12 nitrogen and oxygen atoms in total. The van der Waals surface area contributed by atoms with E-state index in [0.29, 0.717) is 0 Å². The van der Waals surface area contributed by atoms with Gasteiger partial charge >= 0.3 is 34.7 Å². The van der Waals surface area contributed by atoms with Gasteiger partial charge in [-0.25, -0.2) is 28.1 Å². The first-order chi connectivity index (χ1) is 15.2. The highest BCUT2D eigenvalue weighted by Gasteiger charge is 2.52. The Bertz CT molecular complexity index is 906. The van der Waals surface area contributed by atoms with Crippen LogP contribution in [0.25, 0.3) is 6.20 Å². The van der Waals surface area contributed by atoms with Crippen LogP contribution in [0.15, 0.2) is 26.7 Å². The highest BCUT2D eigenvalue weighted by Crippen LogP contribution is 2.26. The van der Waals surface area contributed by atoms with Crippen LogP contribution in [0, 0.1) is 0 Å². The molecule has 1 aromatic heterocycles. The van der Waals surface area contributed by atoms with Gasteiger partial charge in [-0.05, 0) is 12.8 Å². The van der Waals surface area contributed by atoms with Gasteiger partial charge in [0.2, 0.25) is 0 Å². The van der Waals surface area contributed by atoms with Crippen LogP contribution in [0.1, 0.15) is 38.0 Å². The van der Waals surface area contributed by atoms with Crippen LogP contribution in [0.3, 0.4) is 0 Å². The van der Waals surface area contributed by atoms with Crippen molar-refractivity contribution in [2.24, 2.45) is 0 Å². The van der Waals surface area contributed by atoms with Crippen molar-refractivity contribution < 1.29 is 26.6 Å². The molecule has 14 heteroatoms. The molecule has 0 spiro atoms. The smallest absolute Gasteiger partial charge is 0.376 e. The third-order valence-corrected chi connectivity index (χ3v) is 11.8. The van der Waals surface area contributed by atoms with E-state index >= 15 is 0 Å². The minimum Gasteiger partial charge on any atom is -0.376 e. The van der Waals surface area contributed by atoms with E-state index in [1.165, 1.54) is 42.7 Å². The molecule has 0 aliphatic heterocycles. The molecule has 0 N–H and O–H groups in total. The molecule has 0 saturated heterocycles. The molecule has 0 bridgehead atoms. The van der Waals surface area contributed by atoms with Crippen molar-refractivity contribution in [1.29, 1.82) is 0 Å². The third kappa shape index (κ3) is 4.59. The van der Waals surface area contributed by atoms with Gasteiger partial charge < -0.3 is 26.6 Å². The van der Waals surface area contributed by atoms with Gasteiger partial charge in [0.25, 0.3) is 0 Å². The number of nitrogens with zero attached hydrogens (tertiary/aromatic N) is 3. The van der Waals surface area contributed by atoms with Crippen molar-refractivity contribution in [2.45, 2.75) is 38.0 Å². The predicted molar refractivity (Wildman–Crippen MR) is 121 cm³/mol. The summed E-state index contributed by atoms with van der Waals surface area (Å²) in [6, 6.07) is 0. The molecule has 0 fully saturated rings. The van der Waals surface area contributed by atoms with Crippen molar-refractivity contribution in [3.8, 4) is 0 Å². The highest BCUT2D eigenvalue weighted by molar-refractivity contribution is 6.61. The van der Waals surface area contributed by atoms with Gasteiger partial charge in [0.1, 0.15) is 11.3 Å². The zero-order valence-electron chi connectivity index (χ0n) is 19.9. The molecule has 32 heavy (non-hydrogen) atoms. The van der Waals surface area contributed by atoms with E-state index in [-0.39, 0.29) is 12.8 Å². The average molecular weight is 492 g/mol. The fraction of sp³-hybridized carbons (Fsp3) is 0.667. The van der Waals surface area contributed by atoms with Gasteiger partial charge in [-0.1, -0.05) is 20.4 Å². The van der Waals surface area contributed by atoms with Gasteiger partial charge in [-0.3, -0.25) is 0 Å². The molecule has 0 aromatic carbocycles. The minimum absolute atomic E-state index is 0.241. The van der Waals surface area contributed by atoms with Crippen molar-refractivity contribution >= 4 is 23.8 Å². The number of aromatic nitrogens is 3. The topological polar surface area (TPSA) is 121 Å². The summed E-state index contributed by atoms with van der Waals surface area (Å²) in [5, 5.41) is 0. The molecule has 2 atom stereocenters. The van der Waals surface area contributed by atoms with E-state index in [2.05, 4.69) is 12.3 Å². The Morgan fingerprint density at radius 2 is 1.06 bits per heavy atom. The van der Waals surface area contributed by atoms with E-state index in [1.54, 1.807) is 13.8 Å². The minimum atomic E-state index is -3.55. The highest BCUT2D eigenvalue weighted by atomic mass is 28.4. The van der Waals surface area contributed by atoms with Crippen LogP contribution in [0.4, 0.5) is 0 Å². The van der Waals surface area contributed by atoms with E-state index < -0.39 is 46.0 Å². The summed E-state index contributed by atoms with van der Waals surface area (Å²) in [6.45, 7) is 6.93. The molecule has 0 aliphatic carbocycles. The summed E-state index contributed by atoms with van der Waals surface area (Å²) < 4.78 is 35.8. The van der Waals surface area contributed by atoms with Crippen LogP contribution in [-0.2, 0) is 26.6 Å². The zero-order chi connectivity index (χ0) is 24.7. The summed E-state index contributed by atoms with van der Waals surface area (Å²) in [7, 11) is 1.14. The first kappa shape index (κ1) is 28.2. The first-order valence-corrected chi connectivity index (χ1v) is 13.5. The number of hydrogen-bond donors (Lipinski definition) is 0. The fourth-order valence-electron chi connectivity index (χ4n) is 3.83. The average Bonchev–Trinajstić information content (AvgIpc) is 2.81. The molecular formula is C18H33N3O9Si2. The Morgan fingerprint density at radius 1 is 0.750 bits per heavy atom. The molecule has 0 saturated carbocycles. The summed E-state index contributed by atoms with van der Waals surface area (Å²) in [4.78, 5) is 40.3. The maximum atomic E-state index is 13.7. The molecule has 2 unspecified atom stereocenters. The Hall–Kier alpha value is -1.88. The summed E-state index contributed by atoms with van der Waals surface area (Å²) in [6.07, 6.45) is 1.54. The lowest BCUT2D eigenvalue weighted by atomic mass is 10.4. The second kappa shape index (κ2) is 11.8. The van der Waals surface area contributed by atoms with Crippen LogP contribution in [0.5, 0.6) is 0 Å². The molecule has 0 radical (unpaired) electrons. The molecule has 0 aliphatic rings. The standard InChI is InChI=1S/C18H33N3O9Si2/c1-10-13-19-16(22)20(14(11-2)31(25-4,26-5)27-6)18(24)21(17(19)23)15(12-3)32(28-7,29-8)30-9/h13-15H,1,11-12H2,2-9H3. The molecular weight excluding hydrogens is 458 g/mol. The second-order valence-corrected chi connectivity index (χ2v) is 12.8. The van der Waals surface area contributed by atoms with Crippen molar-refractivity contribution in [3.05, 3.63) is 43.8 Å². The zero-order valence-corrected chi connectivity index (χ0v) is 21.9. The van der Waals surface area contributed by atoms with Crippen LogP contribution in [0.2, 0.25) is 0 Å². The van der Waals surface area contributed by atoms with Crippen LogP contribution in [-0.4, -0.2) is 74.0 Å². The lowest BCUT2D eigenvalue weighted by molar-refractivity contribution is 0.0933. The van der Waals surface area contributed by atoms with E-state index in [9.17, 15) is 14.4 Å². The maximum absolute atomic E-state index is 13.7.